The van der Waals surface area contributed by atoms with Crippen molar-refractivity contribution in [2.45, 2.75) is 45.1 Å². The monoisotopic (exact) mass is 182 g/mol. The Bertz CT molecular complexity index is 224. The van der Waals surface area contributed by atoms with Crippen molar-refractivity contribution in [2.75, 3.05) is 7.11 Å². The molecule has 0 heterocycles. The van der Waals surface area contributed by atoms with Gasteiger partial charge in [0.25, 0.3) is 0 Å². The van der Waals surface area contributed by atoms with E-state index in [-0.39, 0.29) is 0 Å². The van der Waals surface area contributed by atoms with Crippen LogP contribution in [0.1, 0.15) is 39.0 Å². The quantitative estimate of drug-likeness (QED) is 0.654. The molecule has 2 saturated carbocycles. The summed E-state index contributed by atoms with van der Waals surface area (Å²) in [5.41, 5.74) is 0.317. The van der Waals surface area contributed by atoms with Crippen molar-refractivity contribution in [2.24, 2.45) is 11.3 Å². The summed E-state index contributed by atoms with van der Waals surface area (Å²) in [5, 5.41) is 0. The van der Waals surface area contributed by atoms with Crippen LogP contribution in [0.4, 0.5) is 0 Å². The maximum absolute atomic E-state index is 11.4. The van der Waals surface area contributed by atoms with Gasteiger partial charge >= 0.3 is 0 Å². The Morgan fingerprint density at radius 1 is 1.62 bits per heavy atom. The van der Waals surface area contributed by atoms with Crippen molar-refractivity contribution >= 4 is 5.78 Å². The lowest BCUT2D eigenvalue weighted by molar-refractivity contribution is -0.118. The SMILES string of the molecule is CC[C@@]12CC(=O)C[C@@H]1CC(OC)C2. The molecule has 0 spiro atoms. The summed E-state index contributed by atoms with van der Waals surface area (Å²) in [6, 6.07) is 0. The van der Waals surface area contributed by atoms with Crippen molar-refractivity contribution < 1.29 is 9.53 Å². The minimum atomic E-state index is 0.317. The summed E-state index contributed by atoms with van der Waals surface area (Å²) < 4.78 is 5.40. The van der Waals surface area contributed by atoms with Gasteiger partial charge in [-0.3, -0.25) is 4.79 Å². The van der Waals surface area contributed by atoms with Gasteiger partial charge in [0.1, 0.15) is 5.78 Å². The predicted molar refractivity (Wildman–Crippen MR) is 50.5 cm³/mol. The zero-order valence-corrected chi connectivity index (χ0v) is 8.51. The molecular formula is C11H18O2. The molecule has 2 heteroatoms. The largest absolute Gasteiger partial charge is 0.381 e. The van der Waals surface area contributed by atoms with Crippen LogP contribution in [0.25, 0.3) is 0 Å². The van der Waals surface area contributed by atoms with E-state index in [1.807, 2.05) is 0 Å². The fourth-order valence-corrected chi connectivity index (χ4v) is 3.26. The zero-order valence-electron chi connectivity index (χ0n) is 8.51. The van der Waals surface area contributed by atoms with E-state index in [2.05, 4.69) is 6.92 Å². The van der Waals surface area contributed by atoms with Crippen LogP contribution in [0.5, 0.6) is 0 Å². The summed E-state index contributed by atoms with van der Waals surface area (Å²) in [7, 11) is 1.79. The minimum Gasteiger partial charge on any atom is -0.381 e. The molecule has 0 aromatic heterocycles. The lowest BCUT2D eigenvalue weighted by Gasteiger charge is -2.26. The highest BCUT2D eigenvalue weighted by Gasteiger charge is 2.51. The van der Waals surface area contributed by atoms with Gasteiger partial charge < -0.3 is 4.74 Å². The lowest BCUT2D eigenvalue weighted by Crippen LogP contribution is -2.19. The summed E-state index contributed by atoms with van der Waals surface area (Å²) >= 11 is 0. The number of fused-ring (bicyclic) bond motifs is 1. The highest BCUT2D eigenvalue weighted by atomic mass is 16.5. The third-order valence-electron chi connectivity index (χ3n) is 4.11. The highest BCUT2D eigenvalue weighted by molar-refractivity contribution is 5.82. The second kappa shape index (κ2) is 3.09. The van der Waals surface area contributed by atoms with Crippen LogP contribution in [0.15, 0.2) is 0 Å². The second-order valence-electron chi connectivity index (χ2n) is 4.63. The number of hydrogen-bond acceptors (Lipinski definition) is 2. The molecule has 0 aliphatic heterocycles. The standard InChI is InChI=1S/C11H18O2/c1-3-11-6-9(12)4-8(11)5-10(7-11)13-2/h8,10H,3-7H2,1-2H3/t8-,10?,11+/m1/s1. The van der Waals surface area contributed by atoms with Gasteiger partial charge in [0.2, 0.25) is 0 Å². The fraction of sp³-hybridized carbons (Fsp3) is 0.909. The number of Topliss-reactive ketones (excluding diaryl/α,β-unsaturated/α-hetero) is 1. The summed E-state index contributed by atoms with van der Waals surface area (Å²) in [6.07, 6.45) is 5.40. The molecular weight excluding hydrogens is 164 g/mol. The number of carbonyl (C=O) groups excluding carboxylic acids is 1. The molecule has 0 aromatic carbocycles. The average molecular weight is 182 g/mol. The van der Waals surface area contributed by atoms with E-state index in [1.54, 1.807) is 7.11 Å². The van der Waals surface area contributed by atoms with Gasteiger partial charge in [-0.1, -0.05) is 6.92 Å². The van der Waals surface area contributed by atoms with E-state index < -0.39 is 0 Å². The molecule has 0 N–H and O–H groups in total. The Labute approximate surface area is 79.7 Å². The van der Waals surface area contributed by atoms with Gasteiger partial charge in [-0.05, 0) is 30.6 Å². The number of ether oxygens (including phenoxy) is 1. The molecule has 2 aliphatic carbocycles. The smallest absolute Gasteiger partial charge is 0.133 e. The summed E-state index contributed by atoms with van der Waals surface area (Å²) in [6.45, 7) is 2.21. The molecule has 0 saturated heterocycles. The molecule has 0 bridgehead atoms. The average Bonchev–Trinajstić information content (AvgIpc) is 2.57. The Morgan fingerprint density at radius 2 is 2.38 bits per heavy atom. The van der Waals surface area contributed by atoms with Crippen molar-refractivity contribution in [1.29, 1.82) is 0 Å². The van der Waals surface area contributed by atoms with Crippen LogP contribution in [0.2, 0.25) is 0 Å². The molecule has 2 rings (SSSR count). The molecule has 1 unspecified atom stereocenters. The Morgan fingerprint density at radius 3 is 2.92 bits per heavy atom. The maximum atomic E-state index is 11.4. The fourth-order valence-electron chi connectivity index (χ4n) is 3.26. The van der Waals surface area contributed by atoms with Crippen LogP contribution in [-0.4, -0.2) is 19.0 Å². The second-order valence-corrected chi connectivity index (χ2v) is 4.63. The third kappa shape index (κ3) is 1.32. The summed E-state index contributed by atoms with van der Waals surface area (Å²) in [4.78, 5) is 11.4. The predicted octanol–water partition coefficient (Wildman–Crippen LogP) is 2.17. The van der Waals surface area contributed by atoms with Crippen molar-refractivity contribution in [3.63, 3.8) is 0 Å². The van der Waals surface area contributed by atoms with Gasteiger partial charge in [0, 0.05) is 20.0 Å². The summed E-state index contributed by atoms with van der Waals surface area (Å²) in [5.74, 6) is 1.09. The molecule has 2 fully saturated rings. The van der Waals surface area contributed by atoms with E-state index in [4.69, 9.17) is 4.74 Å². The zero-order chi connectivity index (χ0) is 9.47. The van der Waals surface area contributed by atoms with Gasteiger partial charge in [0.15, 0.2) is 0 Å². The van der Waals surface area contributed by atoms with E-state index in [0.29, 0.717) is 23.2 Å². The molecule has 3 atom stereocenters. The Kier molecular flexibility index (Phi) is 2.18. The molecule has 0 radical (unpaired) electrons. The molecule has 74 valence electrons. The van der Waals surface area contributed by atoms with E-state index in [0.717, 1.165) is 32.1 Å². The van der Waals surface area contributed by atoms with E-state index >= 15 is 0 Å². The number of methoxy groups -OCH3 is 1. The van der Waals surface area contributed by atoms with Crippen LogP contribution < -0.4 is 0 Å². The van der Waals surface area contributed by atoms with Crippen molar-refractivity contribution in [3.8, 4) is 0 Å². The van der Waals surface area contributed by atoms with Crippen molar-refractivity contribution in [1.82, 2.24) is 0 Å². The first-order valence-electron chi connectivity index (χ1n) is 5.24. The first-order chi connectivity index (χ1) is 6.20. The number of rotatable bonds is 2. The Balaban J connectivity index is 2.15. The highest BCUT2D eigenvalue weighted by Crippen LogP contribution is 2.55. The van der Waals surface area contributed by atoms with Crippen LogP contribution in [0.3, 0.4) is 0 Å². The van der Waals surface area contributed by atoms with Gasteiger partial charge in [-0.15, -0.1) is 0 Å². The molecule has 2 nitrogen and oxygen atoms in total. The number of carbonyl (C=O) groups is 1. The first-order valence-corrected chi connectivity index (χ1v) is 5.24. The topological polar surface area (TPSA) is 26.3 Å². The number of hydrogen-bond donors (Lipinski definition) is 0. The van der Waals surface area contributed by atoms with Gasteiger partial charge in [0.05, 0.1) is 6.10 Å². The lowest BCUT2D eigenvalue weighted by atomic mass is 9.78. The van der Waals surface area contributed by atoms with Gasteiger partial charge in [-0.2, -0.15) is 0 Å². The van der Waals surface area contributed by atoms with E-state index in [1.165, 1.54) is 0 Å². The van der Waals surface area contributed by atoms with Crippen LogP contribution in [0, 0.1) is 11.3 Å². The molecule has 0 amide bonds. The minimum absolute atomic E-state index is 0.317. The molecule has 13 heavy (non-hydrogen) atoms. The third-order valence-corrected chi connectivity index (χ3v) is 4.11. The van der Waals surface area contributed by atoms with Gasteiger partial charge in [-0.25, -0.2) is 0 Å². The number of ketones is 1. The molecule has 2 aliphatic rings. The van der Waals surface area contributed by atoms with Crippen LogP contribution in [-0.2, 0) is 9.53 Å². The Hall–Kier alpha value is -0.370. The van der Waals surface area contributed by atoms with Crippen LogP contribution >= 0.6 is 0 Å². The molecule has 0 aromatic rings. The van der Waals surface area contributed by atoms with E-state index in [9.17, 15) is 4.79 Å². The normalized spacial score (nSPS) is 44.0. The first kappa shape index (κ1) is 9.20. The maximum Gasteiger partial charge on any atom is 0.133 e. The van der Waals surface area contributed by atoms with Crippen molar-refractivity contribution in [3.05, 3.63) is 0 Å².